The molecular formula is C49H33N3O. The summed E-state index contributed by atoms with van der Waals surface area (Å²) in [5.74, 6) is 1.43. The minimum Gasteiger partial charge on any atom is -0.455 e. The van der Waals surface area contributed by atoms with E-state index in [0.717, 1.165) is 66.7 Å². The van der Waals surface area contributed by atoms with Gasteiger partial charge in [0, 0.05) is 27.5 Å². The Morgan fingerprint density at radius 2 is 1.04 bits per heavy atom. The third kappa shape index (κ3) is 5.67. The Bertz CT molecular complexity index is 2830. The molecule has 1 aliphatic heterocycles. The van der Waals surface area contributed by atoms with Crippen LogP contribution in [0.2, 0.25) is 0 Å². The van der Waals surface area contributed by atoms with Crippen LogP contribution in [-0.4, -0.2) is 11.7 Å². The van der Waals surface area contributed by atoms with Crippen molar-refractivity contribution in [2.45, 2.75) is 6.17 Å². The predicted octanol–water partition coefficient (Wildman–Crippen LogP) is 12.2. The molecule has 1 aromatic heterocycles. The fourth-order valence-corrected chi connectivity index (χ4v) is 7.45. The van der Waals surface area contributed by atoms with Gasteiger partial charge in [-0.1, -0.05) is 176 Å². The van der Waals surface area contributed by atoms with Crippen molar-refractivity contribution < 1.29 is 4.42 Å². The van der Waals surface area contributed by atoms with E-state index in [-0.39, 0.29) is 6.17 Å². The van der Waals surface area contributed by atoms with E-state index in [0.29, 0.717) is 5.84 Å². The molecule has 53 heavy (non-hydrogen) atoms. The van der Waals surface area contributed by atoms with Gasteiger partial charge >= 0.3 is 0 Å². The molecule has 10 rings (SSSR count). The Balaban J connectivity index is 1.09. The molecular weight excluding hydrogens is 647 g/mol. The summed E-state index contributed by atoms with van der Waals surface area (Å²) in [6, 6.07) is 65.7. The molecule has 250 valence electrons. The summed E-state index contributed by atoms with van der Waals surface area (Å²) in [5.41, 5.74) is 11.5. The van der Waals surface area contributed by atoms with Gasteiger partial charge in [-0.15, -0.1) is 0 Å². The molecule has 1 atom stereocenters. The lowest BCUT2D eigenvalue weighted by molar-refractivity contribution is 0.668. The van der Waals surface area contributed by atoms with Crippen molar-refractivity contribution in [3.05, 3.63) is 205 Å². The number of furan rings is 1. The van der Waals surface area contributed by atoms with E-state index >= 15 is 0 Å². The topological polar surface area (TPSA) is 49.9 Å². The van der Waals surface area contributed by atoms with Gasteiger partial charge in [-0.3, -0.25) is 0 Å². The largest absolute Gasteiger partial charge is 0.455 e. The zero-order valence-corrected chi connectivity index (χ0v) is 28.8. The summed E-state index contributed by atoms with van der Waals surface area (Å²) in [7, 11) is 0. The van der Waals surface area contributed by atoms with Gasteiger partial charge in [0.05, 0.1) is 0 Å². The highest BCUT2D eigenvalue weighted by molar-refractivity contribution is 6.23. The van der Waals surface area contributed by atoms with Crippen LogP contribution in [0.3, 0.4) is 0 Å². The van der Waals surface area contributed by atoms with E-state index in [9.17, 15) is 0 Å². The number of aliphatic imine (C=N–C) groups is 2. The molecule has 0 aliphatic carbocycles. The molecule has 0 saturated carbocycles. The summed E-state index contributed by atoms with van der Waals surface area (Å²) >= 11 is 0. The summed E-state index contributed by atoms with van der Waals surface area (Å²) < 4.78 is 6.70. The van der Waals surface area contributed by atoms with Gasteiger partial charge in [-0.2, -0.15) is 0 Å². The number of hydrogen-bond donors (Lipinski definition) is 1. The summed E-state index contributed by atoms with van der Waals surface area (Å²) in [6.45, 7) is 0. The van der Waals surface area contributed by atoms with Crippen molar-refractivity contribution in [1.29, 1.82) is 0 Å². The molecule has 0 fully saturated rings. The normalized spacial score (nSPS) is 14.2. The van der Waals surface area contributed by atoms with Gasteiger partial charge < -0.3 is 9.73 Å². The van der Waals surface area contributed by atoms with Crippen LogP contribution in [0.25, 0.3) is 66.1 Å². The van der Waals surface area contributed by atoms with Crippen molar-refractivity contribution in [3.8, 4) is 33.4 Å². The highest BCUT2D eigenvalue weighted by atomic mass is 16.3. The smallest absolute Gasteiger partial charge is 0.159 e. The molecule has 4 heteroatoms. The lowest BCUT2D eigenvalue weighted by atomic mass is 9.98. The standard InChI is InChI=1S/C49H33N3O/c1-3-11-32(12-4-1)35-21-26-37(27-22-35)47-50-48(38-28-23-36(24-29-38)33-13-5-2-6-14-33)52-49(51-47)43-19-10-20-44-45(43)42-18-9-17-41(46(42)53-44)40-30-25-34-15-7-8-16-39(34)31-40/h1-31,47H,(H,50,51,52). The maximum Gasteiger partial charge on any atom is 0.159 e. The average Bonchev–Trinajstić information content (AvgIpc) is 3.63. The van der Waals surface area contributed by atoms with E-state index in [2.05, 4.69) is 169 Å². The quantitative estimate of drug-likeness (QED) is 0.190. The number of hydrogen-bond acceptors (Lipinski definition) is 4. The molecule has 1 N–H and O–H groups in total. The third-order valence-electron chi connectivity index (χ3n) is 10.2. The van der Waals surface area contributed by atoms with Crippen molar-refractivity contribution in [1.82, 2.24) is 5.32 Å². The van der Waals surface area contributed by atoms with Crippen LogP contribution < -0.4 is 5.32 Å². The van der Waals surface area contributed by atoms with Crippen molar-refractivity contribution in [2.75, 3.05) is 0 Å². The highest BCUT2D eigenvalue weighted by Gasteiger charge is 2.24. The molecule has 0 amide bonds. The fraction of sp³-hybridized carbons (Fsp3) is 0.0204. The minimum absolute atomic E-state index is 0.349. The second kappa shape index (κ2) is 12.9. The second-order valence-electron chi connectivity index (χ2n) is 13.4. The van der Waals surface area contributed by atoms with Gasteiger partial charge in [0.2, 0.25) is 0 Å². The van der Waals surface area contributed by atoms with Crippen LogP contribution in [-0.2, 0) is 0 Å². The van der Waals surface area contributed by atoms with Gasteiger partial charge in [0.15, 0.2) is 5.84 Å². The molecule has 0 bridgehead atoms. The first-order chi connectivity index (χ1) is 26.2. The first-order valence-corrected chi connectivity index (χ1v) is 17.9. The Kier molecular flexibility index (Phi) is 7.51. The molecule has 2 heterocycles. The number of benzene rings is 8. The number of para-hydroxylation sites is 1. The van der Waals surface area contributed by atoms with E-state index in [1.54, 1.807) is 0 Å². The van der Waals surface area contributed by atoms with Crippen molar-refractivity contribution in [2.24, 2.45) is 9.98 Å². The third-order valence-corrected chi connectivity index (χ3v) is 10.2. The highest BCUT2D eigenvalue weighted by Crippen LogP contribution is 2.39. The first-order valence-electron chi connectivity index (χ1n) is 17.9. The molecule has 9 aromatic rings. The zero-order chi connectivity index (χ0) is 35.1. The van der Waals surface area contributed by atoms with Crippen LogP contribution in [0.4, 0.5) is 0 Å². The summed E-state index contributed by atoms with van der Waals surface area (Å²) in [4.78, 5) is 10.4. The van der Waals surface area contributed by atoms with E-state index in [1.807, 2.05) is 24.3 Å². The van der Waals surface area contributed by atoms with Gasteiger partial charge in [0.1, 0.15) is 23.2 Å². The number of rotatable bonds is 6. The van der Waals surface area contributed by atoms with Crippen LogP contribution >= 0.6 is 0 Å². The van der Waals surface area contributed by atoms with Gasteiger partial charge in [-0.25, -0.2) is 9.98 Å². The maximum absolute atomic E-state index is 6.70. The van der Waals surface area contributed by atoms with E-state index < -0.39 is 0 Å². The Hall–Kier alpha value is -7.04. The Morgan fingerprint density at radius 1 is 0.453 bits per heavy atom. The molecule has 8 aromatic carbocycles. The molecule has 4 nitrogen and oxygen atoms in total. The van der Waals surface area contributed by atoms with Crippen LogP contribution in [0.1, 0.15) is 22.9 Å². The lowest BCUT2D eigenvalue weighted by Crippen LogP contribution is -2.33. The number of fused-ring (bicyclic) bond motifs is 4. The van der Waals surface area contributed by atoms with Crippen molar-refractivity contribution in [3.63, 3.8) is 0 Å². The lowest BCUT2D eigenvalue weighted by Gasteiger charge is -2.24. The molecule has 1 aliphatic rings. The van der Waals surface area contributed by atoms with Crippen molar-refractivity contribution >= 4 is 44.4 Å². The Morgan fingerprint density at radius 3 is 1.77 bits per heavy atom. The SMILES string of the molecule is c1ccc(-c2ccc(C3=NC(c4ccc(-c5ccccc5)cc4)NC(c4cccc5oc6c(-c7ccc8ccccc8c7)cccc6c45)=N3)cc2)cc1. The van der Waals surface area contributed by atoms with Crippen LogP contribution in [0.5, 0.6) is 0 Å². The molecule has 0 spiro atoms. The van der Waals surface area contributed by atoms with Crippen LogP contribution in [0.15, 0.2) is 202 Å². The zero-order valence-electron chi connectivity index (χ0n) is 28.8. The van der Waals surface area contributed by atoms with Crippen LogP contribution in [0, 0.1) is 0 Å². The second-order valence-corrected chi connectivity index (χ2v) is 13.4. The summed E-state index contributed by atoms with van der Waals surface area (Å²) in [6.07, 6.45) is -0.349. The number of nitrogens with one attached hydrogen (secondary N) is 1. The number of nitrogens with zero attached hydrogens (tertiary/aromatic N) is 2. The maximum atomic E-state index is 6.70. The predicted molar refractivity (Wildman–Crippen MR) is 219 cm³/mol. The molecule has 0 radical (unpaired) electrons. The minimum atomic E-state index is -0.349. The first kappa shape index (κ1) is 30.8. The average molecular weight is 680 g/mol. The fourth-order valence-electron chi connectivity index (χ4n) is 7.45. The monoisotopic (exact) mass is 679 g/mol. The molecule has 1 unspecified atom stereocenters. The Labute approximate surface area is 307 Å². The molecule has 0 saturated heterocycles. The number of amidine groups is 2. The summed E-state index contributed by atoms with van der Waals surface area (Å²) in [5, 5.41) is 8.20. The van der Waals surface area contributed by atoms with E-state index in [4.69, 9.17) is 14.4 Å². The van der Waals surface area contributed by atoms with Gasteiger partial charge in [0.25, 0.3) is 0 Å². The van der Waals surface area contributed by atoms with Gasteiger partial charge in [-0.05, 0) is 56.3 Å². The van der Waals surface area contributed by atoms with E-state index in [1.165, 1.54) is 21.9 Å².